The molecule has 0 aliphatic carbocycles. The minimum atomic E-state index is -1.76. The van der Waals surface area contributed by atoms with Gasteiger partial charge in [-0.3, -0.25) is 9.59 Å². The van der Waals surface area contributed by atoms with Gasteiger partial charge in [0, 0.05) is 12.8 Å². The number of carbonyl (C=O) groups excluding carboxylic acids is 2. The lowest BCUT2D eigenvalue weighted by Crippen LogP contribution is -2.61. The summed E-state index contributed by atoms with van der Waals surface area (Å²) in [7, 11) is 0. The summed E-state index contributed by atoms with van der Waals surface area (Å²) in [6, 6.07) is 0. The van der Waals surface area contributed by atoms with E-state index in [1.165, 1.54) is 32.1 Å². The zero-order valence-corrected chi connectivity index (χ0v) is 37.6. The minimum Gasteiger partial charge on any atom is -0.462 e. The van der Waals surface area contributed by atoms with Crippen LogP contribution in [0.1, 0.15) is 155 Å². The molecule has 15 heteroatoms. The predicted octanol–water partition coefficient (Wildman–Crippen LogP) is 5.37. The molecule has 0 radical (unpaired) electrons. The fraction of sp³-hybridized carbons (Fsp3) is 0.830. The van der Waals surface area contributed by atoms with Crippen LogP contribution in [0.25, 0.3) is 0 Å². The first-order chi connectivity index (χ1) is 30.0. The molecule has 0 bridgehead atoms. The molecule has 0 aromatic heterocycles. The van der Waals surface area contributed by atoms with Crippen molar-refractivity contribution in [3.05, 3.63) is 36.5 Å². The molecule has 11 atom stereocenters. The van der Waals surface area contributed by atoms with E-state index < -0.39 is 92.7 Å². The molecule has 2 rings (SSSR count). The van der Waals surface area contributed by atoms with Crippen LogP contribution in [0.5, 0.6) is 0 Å². The summed E-state index contributed by atoms with van der Waals surface area (Å²) in [6.07, 6.45) is 17.6. The lowest BCUT2D eigenvalue weighted by Gasteiger charge is -2.42. The maximum atomic E-state index is 12.9. The van der Waals surface area contributed by atoms with Gasteiger partial charge in [0.2, 0.25) is 0 Å². The van der Waals surface area contributed by atoms with Gasteiger partial charge in [0.1, 0.15) is 55.4 Å². The Morgan fingerprint density at radius 3 is 1.60 bits per heavy atom. The number of hydrogen-bond acceptors (Lipinski definition) is 15. The summed E-state index contributed by atoms with van der Waals surface area (Å²) in [4.78, 5) is 25.6. The molecule has 0 aromatic rings. The van der Waals surface area contributed by atoms with E-state index in [4.69, 9.17) is 28.4 Å². The first-order valence-electron chi connectivity index (χ1n) is 23.6. The molecular weight excluding hydrogens is 805 g/mol. The van der Waals surface area contributed by atoms with Crippen LogP contribution in [0.3, 0.4) is 0 Å². The molecule has 2 aliphatic rings. The molecule has 2 aliphatic heterocycles. The standard InChI is InChI=1S/C47H82O15/c1-3-5-7-9-11-13-14-15-16-17-18-19-20-22-24-26-28-30-39(50)60-35(32-57-38(49)29-27-25-23-21-12-10-8-6-4-2)33-58-46-45(56)43(54)41(52)37(62-46)34-59-47-44(55)42(53)40(51)36(31-48)61-47/h5,7,11,13,15-16,35-37,40-48,51-56H,3-4,6,8-10,12,14,17-34H2,1-2H3/b7-5-,13-11-,16-15-. The van der Waals surface area contributed by atoms with Gasteiger partial charge >= 0.3 is 11.9 Å². The molecule has 15 nitrogen and oxygen atoms in total. The summed E-state index contributed by atoms with van der Waals surface area (Å²) in [5, 5.41) is 71.9. The van der Waals surface area contributed by atoms with Crippen molar-refractivity contribution in [2.75, 3.05) is 26.4 Å². The summed E-state index contributed by atoms with van der Waals surface area (Å²) < 4.78 is 33.4. The Morgan fingerprint density at radius 1 is 0.532 bits per heavy atom. The van der Waals surface area contributed by atoms with Crippen molar-refractivity contribution in [3.8, 4) is 0 Å². The zero-order valence-electron chi connectivity index (χ0n) is 37.6. The van der Waals surface area contributed by atoms with Gasteiger partial charge in [0.05, 0.1) is 19.8 Å². The quantitative estimate of drug-likeness (QED) is 0.0241. The normalized spacial score (nSPS) is 27.4. The number of carbonyl (C=O) groups is 2. The van der Waals surface area contributed by atoms with E-state index >= 15 is 0 Å². The third-order valence-corrected chi connectivity index (χ3v) is 11.1. The maximum Gasteiger partial charge on any atom is 0.306 e. The fourth-order valence-corrected chi connectivity index (χ4v) is 7.23. The van der Waals surface area contributed by atoms with E-state index in [-0.39, 0.29) is 26.1 Å². The SMILES string of the molecule is CC/C=C\C/C=C\C/C=C\CCCCCCCCCC(=O)OC(COC(=O)CCCCCCCCCCC)COC1OC(COC2OC(CO)C(O)C(O)C2O)C(O)C(O)C1O. The van der Waals surface area contributed by atoms with Gasteiger partial charge in [-0.05, 0) is 44.9 Å². The topological polar surface area (TPSA) is 231 Å². The van der Waals surface area contributed by atoms with Gasteiger partial charge in [-0.2, -0.15) is 0 Å². The van der Waals surface area contributed by atoms with Gasteiger partial charge in [-0.25, -0.2) is 0 Å². The highest BCUT2D eigenvalue weighted by Gasteiger charge is 2.47. The third-order valence-electron chi connectivity index (χ3n) is 11.1. The molecule has 0 saturated carbocycles. The van der Waals surface area contributed by atoms with Gasteiger partial charge in [0.25, 0.3) is 0 Å². The van der Waals surface area contributed by atoms with Crippen LogP contribution in [0.15, 0.2) is 36.5 Å². The number of aliphatic hydroxyl groups excluding tert-OH is 7. The number of aliphatic hydroxyl groups is 7. The average Bonchev–Trinajstić information content (AvgIpc) is 3.26. The van der Waals surface area contributed by atoms with Crippen LogP contribution in [-0.4, -0.2) is 142 Å². The van der Waals surface area contributed by atoms with E-state index in [1.54, 1.807) is 0 Å². The number of rotatable bonds is 35. The van der Waals surface area contributed by atoms with Crippen LogP contribution >= 0.6 is 0 Å². The van der Waals surface area contributed by atoms with Gasteiger partial charge in [-0.1, -0.05) is 134 Å². The lowest BCUT2D eigenvalue weighted by atomic mass is 9.98. The second kappa shape index (κ2) is 35.0. The van der Waals surface area contributed by atoms with Crippen LogP contribution < -0.4 is 0 Å². The number of unbranched alkanes of at least 4 members (excludes halogenated alkanes) is 15. The Hall–Kier alpha value is -2.28. The molecular formula is C47H82O15. The molecule has 0 aromatic carbocycles. The van der Waals surface area contributed by atoms with Crippen molar-refractivity contribution in [1.29, 1.82) is 0 Å². The first-order valence-corrected chi connectivity index (χ1v) is 23.6. The second-order valence-corrected chi connectivity index (χ2v) is 16.6. The van der Waals surface area contributed by atoms with Crippen molar-refractivity contribution in [1.82, 2.24) is 0 Å². The highest BCUT2D eigenvalue weighted by atomic mass is 16.7. The Balaban J connectivity index is 1.83. The van der Waals surface area contributed by atoms with Crippen LogP contribution in [0, 0.1) is 0 Å². The molecule has 2 saturated heterocycles. The van der Waals surface area contributed by atoms with Crippen molar-refractivity contribution in [3.63, 3.8) is 0 Å². The molecule has 0 spiro atoms. The molecule has 11 unspecified atom stereocenters. The largest absolute Gasteiger partial charge is 0.462 e. The monoisotopic (exact) mass is 887 g/mol. The highest BCUT2D eigenvalue weighted by Crippen LogP contribution is 2.26. The molecule has 0 amide bonds. The predicted molar refractivity (Wildman–Crippen MR) is 234 cm³/mol. The lowest BCUT2D eigenvalue weighted by molar-refractivity contribution is -0.332. The molecule has 360 valence electrons. The number of hydrogen-bond donors (Lipinski definition) is 7. The minimum absolute atomic E-state index is 0.155. The summed E-state index contributed by atoms with van der Waals surface area (Å²) >= 11 is 0. The Labute approximate surface area is 370 Å². The van der Waals surface area contributed by atoms with Crippen LogP contribution in [0.2, 0.25) is 0 Å². The summed E-state index contributed by atoms with van der Waals surface area (Å²) in [6.45, 7) is 2.43. The van der Waals surface area contributed by atoms with Crippen LogP contribution in [-0.2, 0) is 38.0 Å². The van der Waals surface area contributed by atoms with Crippen molar-refractivity contribution < 1.29 is 73.8 Å². The number of allylic oxidation sites excluding steroid dienone is 6. The molecule has 2 fully saturated rings. The highest BCUT2D eigenvalue weighted by molar-refractivity contribution is 5.70. The molecule has 62 heavy (non-hydrogen) atoms. The van der Waals surface area contributed by atoms with Crippen molar-refractivity contribution in [2.45, 2.75) is 223 Å². The van der Waals surface area contributed by atoms with Crippen molar-refractivity contribution in [2.24, 2.45) is 0 Å². The zero-order chi connectivity index (χ0) is 45.4. The Morgan fingerprint density at radius 2 is 1.02 bits per heavy atom. The van der Waals surface area contributed by atoms with Crippen LogP contribution in [0.4, 0.5) is 0 Å². The van der Waals surface area contributed by atoms with E-state index in [0.717, 1.165) is 83.5 Å². The maximum absolute atomic E-state index is 12.9. The van der Waals surface area contributed by atoms with E-state index in [9.17, 15) is 45.3 Å². The first kappa shape index (κ1) is 55.9. The molecule has 2 heterocycles. The van der Waals surface area contributed by atoms with Crippen molar-refractivity contribution >= 4 is 11.9 Å². The Kier molecular flexibility index (Phi) is 31.6. The van der Waals surface area contributed by atoms with Gasteiger partial charge < -0.3 is 64.2 Å². The van der Waals surface area contributed by atoms with E-state index in [0.29, 0.717) is 12.8 Å². The van der Waals surface area contributed by atoms with Gasteiger partial charge in [0.15, 0.2) is 18.7 Å². The van der Waals surface area contributed by atoms with Gasteiger partial charge in [-0.15, -0.1) is 0 Å². The smallest absolute Gasteiger partial charge is 0.306 e. The Bertz CT molecular complexity index is 1230. The number of esters is 2. The van der Waals surface area contributed by atoms with E-state index in [1.807, 2.05) is 0 Å². The fourth-order valence-electron chi connectivity index (χ4n) is 7.23. The average molecular weight is 887 g/mol. The second-order valence-electron chi connectivity index (χ2n) is 16.6. The summed E-state index contributed by atoms with van der Waals surface area (Å²) in [5.74, 6) is -0.940. The molecule has 7 N–H and O–H groups in total. The summed E-state index contributed by atoms with van der Waals surface area (Å²) in [5.41, 5.74) is 0. The van der Waals surface area contributed by atoms with E-state index in [2.05, 4.69) is 50.3 Å². The number of ether oxygens (including phenoxy) is 6. The third kappa shape index (κ3) is 23.6.